The molecule has 35 heavy (non-hydrogen) atoms. The molecular weight excluding hydrogens is 434 g/mol. The summed E-state index contributed by atoms with van der Waals surface area (Å²) in [6.45, 7) is 8.48. The van der Waals surface area contributed by atoms with Gasteiger partial charge in [0.25, 0.3) is 0 Å². The van der Waals surface area contributed by atoms with E-state index in [9.17, 15) is 4.79 Å². The number of nitrogens with zero attached hydrogens (tertiary/aromatic N) is 3. The molecule has 2 aliphatic heterocycles. The van der Waals surface area contributed by atoms with Gasteiger partial charge in [-0.25, -0.2) is 0 Å². The number of likely N-dealkylation sites (tertiary alicyclic amines) is 1. The van der Waals surface area contributed by atoms with Gasteiger partial charge in [0.05, 0.1) is 13.2 Å². The number of aromatic nitrogens is 1. The summed E-state index contributed by atoms with van der Waals surface area (Å²) >= 11 is 0. The Morgan fingerprint density at radius 1 is 1.17 bits per heavy atom. The molecule has 0 N–H and O–H groups in total. The number of rotatable bonds is 12. The summed E-state index contributed by atoms with van der Waals surface area (Å²) < 4.78 is 5.80. The van der Waals surface area contributed by atoms with Gasteiger partial charge in [-0.1, -0.05) is 50.5 Å². The molecule has 0 saturated carbocycles. The molecular formula is C30H43N3O2. The number of fused-ring (bicyclic) bond motifs is 1. The normalized spacial score (nSPS) is 22.1. The standard InChI is InChI=1S/C30H43N3O2/c1-3-5-18-32(19-6-4-2)30(34)23-33-22-26(21-28(33)14-13-27-9-7-8-17-31-27)24-10-11-25-16-20-35-29(25)15-12-24/h7-9,11-12,15,17,26,28H,3-6,10,13-14,16,18-23H2,1-2H3. The fourth-order valence-electron chi connectivity index (χ4n) is 5.58. The van der Waals surface area contributed by atoms with Crippen molar-refractivity contribution < 1.29 is 9.53 Å². The lowest BCUT2D eigenvalue weighted by Crippen LogP contribution is -2.43. The average Bonchev–Trinajstić information content (AvgIpc) is 3.45. The molecule has 0 spiro atoms. The van der Waals surface area contributed by atoms with Gasteiger partial charge < -0.3 is 9.64 Å². The largest absolute Gasteiger partial charge is 0.493 e. The summed E-state index contributed by atoms with van der Waals surface area (Å²) in [5, 5.41) is 0. The first kappa shape index (κ1) is 25.7. The second kappa shape index (κ2) is 13.1. The maximum absolute atomic E-state index is 13.4. The fourth-order valence-corrected chi connectivity index (χ4v) is 5.58. The van der Waals surface area contributed by atoms with Gasteiger partial charge in [0.2, 0.25) is 5.91 Å². The number of amides is 1. The highest BCUT2D eigenvalue weighted by Gasteiger charge is 2.35. The summed E-state index contributed by atoms with van der Waals surface area (Å²) in [6.07, 6.45) is 18.3. The zero-order chi connectivity index (χ0) is 24.5. The Morgan fingerprint density at radius 2 is 2.00 bits per heavy atom. The lowest BCUT2D eigenvalue weighted by molar-refractivity contribution is -0.132. The van der Waals surface area contributed by atoms with Crippen molar-refractivity contribution in [1.82, 2.24) is 14.8 Å². The fraction of sp³-hybridized carbons (Fsp3) is 0.600. The molecule has 190 valence electrons. The number of hydrogen-bond donors (Lipinski definition) is 0. The Labute approximate surface area is 211 Å². The lowest BCUT2D eigenvalue weighted by Gasteiger charge is -2.28. The van der Waals surface area contributed by atoms with Gasteiger partial charge in [-0.3, -0.25) is 14.7 Å². The number of carbonyl (C=O) groups excluding carboxylic acids is 1. The summed E-state index contributed by atoms with van der Waals surface area (Å²) in [5.41, 5.74) is 3.98. The number of ether oxygens (including phenoxy) is 1. The van der Waals surface area contributed by atoms with E-state index in [-0.39, 0.29) is 0 Å². The molecule has 0 bridgehead atoms. The molecule has 0 aromatic carbocycles. The van der Waals surface area contributed by atoms with Crippen molar-refractivity contribution in [1.29, 1.82) is 0 Å². The van der Waals surface area contributed by atoms with E-state index in [2.05, 4.69) is 59.0 Å². The Kier molecular flexibility index (Phi) is 9.58. The van der Waals surface area contributed by atoms with Crippen molar-refractivity contribution in [3.8, 4) is 0 Å². The van der Waals surface area contributed by atoms with Gasteiger partial charge in [0, 0.05) is 44.0 Å². The van der Waals surface area contributed by atoms with Crippen LogP contribution in [-0.2, 0) is 16.0 Å². The highest BCUT2D eigenvalue weighted by molar-refractivity contribution is 5.78. The Balaban J connectivity index is 1.45. The zero-order valence-electron chi connectivity index (χ0n) is 21.8. The van der Waals surface area contributed by atoms with Gasteiger partial charge in [-0.15, -0.1) is 0 Å². The first-order valence-corrected chi connectivity index (χ1v) is 13.8. The average molecular weight is 478 g/mol. The summed E-state index contributed by atoms with van der Waals surface area (Å²) in [5.74, 6) is 1.85. The number of hydrogen-bond acceptors (Lipinski definition) is 4. The molecule has 0 radical (unpaired) electrons. The van der Waals surface area contributed by atoms with Crippen LogP contribution in [0.25, 0.3) is 0 Å². The number of unbranched alkanes of at least 4 members (excludes halogenated alkanes) is 2. The van der Waals surface area contributed by atoms with Crippen molar-refractivity contribution in [3.63, 3.8) is 0 Å². The second-order valence-corrected chi connectivity index (χ2v) is 10.3. The SMILES string of the molecule is CCCCN(CCCC)C(=O)CN1CC(C2=CC=C3OCCC3=CC2)CC1CCc1ccccn1. The first-order chi connectivity index (χ1) is 17.2. The van der Waals surface area contributed by atoms with Crippen LogP contribution in [0.2, 0.25) is 0 Å². The molecule has 3 heterocycles. The van der Waals surface area contributed by atoms with Crippen LogP contribution in [0.3, 0.4) is 0 Å². The highest BCUT2D eigenvalue weighted by Crippen LogP contribution is 2.36. The van der Waals surface area contributed by atoms with Crippen molar-refractivity contribution in [2.24, 2.45) is 5.92 Å². The molecule has 2 atom stereocenters. The first-order valence-electron chi connectivity index (χ1n) is 13.8. The summed E-state index contributed by atoms with van der Waals surface area (Å²) in [4.78, 5) is 22.6. The monoisotopic (exact) mass is 477 g/mol. The van der Waals surface area contributed by atoms with Crippen LogP contribution in [-0.4, -0.2) is 59.5 Å². The van der Waals surface area contributed by atoms with Crippen LogP contribution in [0.4, 0.5) is 0 Å². The van der Waals surface area contributed by atoms with Crippen LogP contribution in [0.1, 0.15) is 70.9 Å². The van der Waals surface area contributed by atoms with Crippen LogP contribution < -0.4 is 0 Å². The molecule has 2 fully saturated rings. The van der Waals surface area contributed by atoms with E-state index in [1.807, 2.05) is 12.3 Å². The molecule has 2 saturated heterocycles. The van der Waals surface area contributed by atoms with Gasteiger partial charge in [0.15, 0.2) is 0 Å². The third-order valence-corrected chi connectivity index (χ3v) is 7.74. The maximum atomic E-state index is 13.4. The minimum absolute atomic E-state index is 0.303. The van der Waals surface area contributed by atoms with Crippen molar-refractivity contribution in [2.45, 2.75) is 77.7 Å². The molecule has 1 amide bonds. The van der Waals surface area contributed by atoms with E-state index in [0.717, 1.165) is 95.5 Å². The van der Waals surface area contributed by atoms with Gasteiger partial charge >= 0.3 is 0 Å². The molecule has 1 aromatic heterocycles. The summed E-state index contributed by atoms with van der Waals surface area (Å²) in [6, 6.07) is 6.56. The molecule has 1 aliphatic carbocycles. The zero-order valence-corrected chi connectivity index (χ0v) is 21.8. The molecule has 2 unspecified atom stereocenters. The minimum Gasteiger partial charge on any atom is -0.493 e. The van der Waals surface area contributed by atoms with Gasteiger partial charge in [-0.05, 0) is 68.2 Å². The van der Waals surface area contributed by atoms with E-state index in [4.69, 9.17) is 4.74 Å². The number of pyridine rings is 1. The quantitative estimate of drug-likeness (QED) is 0.388. The number of allylic oxidation sites excluding steroid dienone is 4. The summed E-state index contributed by atoms with van der Waals surface area (Å²) in [7, 11) is 0. The second-order valence-electron chi connectivity index (χ2n) is 10.3. The molecule has 4 rings (SSSR count). The molecule has 1 aromatic rings. The lowest BCUT2D eigenvalue weighted by atomic mass is 9.92. The Morgan fingerprint density at radius 3 is 2.74 bits per heavy atom. The number of carbonyl (C=O) groups is 1. The van der Waals surface area contributed by atoms with Crippen LogP contribution in [0.5, 0.6) is 0 Å². The number of aryl methyl sites for hydroxylation is 1. The van der Waals surface area contributed by atoms with E-state index >= 15 is 0 Å². The van der Waals surface area contributed by atoms with E-state index < -0.39 is 0 Å². The Bertz CT molecular complexity index is 913. The van der Waals surface area contributed by atoms with Crippen LogP contribution in [0, 0.1) is 5.92 Å². The van der Waals surface area contributed by atoms with E-state index in [0.29, 0.717) is 24.4 Å². The molecule has 5 heteroatoms. The van der Waals surface area contributed by atoms with E-state index in [1.165, 1.54) is 11.1 Å². The maximum Gasteiger partial charge on any atom is 0.236 e. The van der Waals surface area contributed by atoms with Crippen LogP contribution in [0.15, 0.2) is 59.5 Å². The van der Waals surface area contributed by atoms with Crippen molar-refractivity contribution >= 4 is 5.91 Å². The smallest absolute Gasteiger partial charge is 0.236 e. The predicted molar refractivity (Wildman–Crippen MR) is 142 cm³/mol. The third-order valence-electron chi connectivity index (χ3n) is 7.74. The molecule has 3 aliphatic rings. The molecule has 5 nitrogen and oxygen atoms in total. The van der Waals surface area contributed by atoms with Crippen molar-refractivity contribution in [3.05, 3.63) is 65.2 Å². The van der Waals surface area contributed by atoms with Crippen molar-refractivity contribution in [2.75, 3.05) is 32.8 Å². The van der Waals surface area contributed by atoms with E-state index in [1.54, 1.807) is 0 Å². The topological polar surface area (TPSA) is 45.7 Å². The third kappa shape index (κ3) is 7.07. The minimum atomic E-state index is 0.303. The highest BCUT2D eigenvalue weighted by atomic mass is 16.5. The predicted octanol–water partition coefficient (Wildman–Crippen LogP) is 5.69. The van der Waals surface area contributed by atoms with Crippen LogP contribution >= 0.6 is 0 Å². The van der Waals surface area contributed by atoms with Gasteiger partial charge in [0.1, 0.15) is 5.76 Å². The Hall–Kier alpha value is -2.40. The van der Waals surface area contributed by atoms with Gasteiger partial charge in [-0.2, -0.15) is 0 Å².